The van der Waals surface area contributed by atoms with Gasteiger partial charge in [0.2, 0.25) is 5.82 Å². The smallest absolute Gasteiger partial charge is 0.259 e. The van der Waals surface area contributed by atoms with Gasteiger partial charge in [0, 0.05) is 23.9 Å². The van der Waals surface area contributed by atoms with E-state index in [1.54, 1.807) is 18.5 Å². The minimum absolute atomic E-state index is 0.0877. The minimum atomic E-state index is -0.0877. The molecule has 94 valence electrons. The number of ether oxygens (including phenoxy) is 1. The van der Waals surface area contributed by atoms with Crippen molar-refractivity contribution in [3.63, 3.8) is 0 Å². The summed E-state index contributed by atoms with van der Waals surface area (Å²) in [5.74, 6) is 2.87. The van der Waals surface area contributed by atoms with E-state index in [1.807, 2.05) is 11.8 Å². The summed E-state index contributed by atoms with van der Waals surface area (Å²) in [5, 5.41) is 3.95. The first-order valence-corrected chi connectivity index (χ1v) is 6.72. The summed E-state index contributed by atoms with van der Waals surface area (Å²) in [6.45, 7) is 0.721. The van der Waals surface area contributed by atoms with Crippen molar-refractivity contribution in [3.8, 4) is 11.5 Å². The van der Waals surface area contributed by atoms with Crippen molar-refractivity contribution in [2.24, 2.45) is 0 Å². The van der Waals surface area contributed by atoms with Gasteiger partial charge >= 0.3 is 0 Å². The third-order valence-corrected chi connectivity index (χ3v) is 3.55. The predicted molar refractivity (Wildman–Crippen MR) is 68.0 cm³/mol. The fourth-order valence-electron chi connectivity index (χ4n) is 1.69. The fraction of sp³-hybridized carbons (Fsp3) is 0.364. The number of rotatable bonds is 2. The largest absolute Gasteiger partial charge is 0.397 e. The van der Waals surface area contributed by atoms with Gasteiger partial charge in [-0.15, -0.1) is 0 Å². The van der Waals surface area contributed by atoms with Crippen molar-refractivity contribution in [3.05, 3.63) is 24.3 Å². The van der Waals surface area contributed by atoms with E-state index in [2.05, 4.69) is 15.1 Å². The highest BCUT2D eigenvalue weighted by Gasteiger charge is 2.22. The van der Waals surface area contributed by atoms with E-state index < -0.39 is 0 Å². The highest BCUT2D eigenvalue weighted by Crippen LogP contribution is 2.26. The molecule has 3 rings (SSSR count). The molecule has 3 heterocycles. The number of nitrogens with two attached hydrogens (primary N) is 1. The number of nitrogens with zero attached hydrogens (tertiary/aromatic N) is 3. The molecule has 6 nitrogen and oxygen atoms in total. The van der Waals surface area contributed by atoms with Crippen LogP contribution in [0.15, 0.2) is 23.0 Å². The Labute approximate surface area is 108 Å². The van der Waals surface area contributed by atoms with Crippen LogP contribution in [-0.4, -0.2) is 33.2 Å². The molecule has 7 heteroatoms. The lowest BCUT2D eigenvalue weighted by atomic mass is 10.2. The van der Waals surface area contributed by atoms with Crippen LogP contribution < -0.4 is 5.73 Å². The molecule has 2 aromatic heterocycles. The quantitative estimate of drug-likeness (QED) is 0.879. The summed E-state index contributed by atoms with van der Waals surface area (Å²) in [4.78, 5) is 8.33. The van der Waals surface area contributed by atoms with Gasteiger partial charge in [-0.3, -0.25) is 4.98 Å². The van der Waals surface area contributed by atoms with E-state index in [1.165, 1.54) is 0 Å². The number of pyridine rings is 1. The lowest BCUT2D eigenvalue weighted by molar-refractivity contribution is 0.0677. The molecule has 0 amide bonds. The highest BCUT2D eigenvalue weighted by molar-refractivity contribution is 7.99. The number of aromatic nitrogens is 3. The Morgan fingerprint density at radius 2 is 2.33 bits per heavy atom. The Balaban J connectivity index is 1.84. The maximum atomic E-state index is 5.67. The van der Waals surface area contributed by atoms with E-state index in [9.17, 15) is 0 Å². The van der Waals surface area contributed by atoms with Crippen LogP contribution in [0.3, 0.4) is 0 Å². The molecule has 1 unspecified atom stereocenters. The molecule has 1 aliphatic heterocycles. The standard InChI is InChI=1S/C11H12N4O2S/c12-8-3-7(4-13-5-8)11-14-10(15-17-11)9-6-18-2-1-16-9/h3-5,9H,1-2,6,12H2. The topological polar surface area (TPSA) is 87.1 Å². The first kappa shape index (κ1) is 11.5. The van der Waals surface area contributed by atoms with Gasteiger partial charge in [0.05, 0.1) is 17.9 Å². The van der Waals surface area contributed by atoms with E-state index in [4.69, 9.17) is 15.0 Å². The van der Waals surface area contributed by atoms with E-state index >= 15 is 0 Å². The number of hydrogen-bond donors (Lipinski definition) is 1. The average molecular weight is 264 g/mol. The SMILES string of the molecule is Nc1cncc(-c2nc(C3CSCCO3)no2)c1. The van der Waals surface area contributed by atoms with E-state index in [0.29, 0.717) is 17.4 Å². The van der Waals surface area contributed by atoms with Gasteiger partial charge in [-0.05, 0) is 6.07 Å². The summed E-state index contributed by atoms with van der Waals surface area (Å²) < 4.78 is 10.8. The highest BCUT2D eigenvalue weighted by atomic mass is 32.2. The normalized spacial score (nSPS) is 19.9. The van der Waals surface area contributed by atoms with Gasteiger partial charge in [-0.1, -0.05) is 5.16 Å². The van der Waals surface area contributed by atoms with Crippen LogP contribution >= 0.6 is 11.8 Å². The Kier molecular flexibility index (Phi) is 3.16. The molecule has 1 atom stereocenters. The summed E-state index contributed by atoms with van der Waals surface area (Å²) in [6, 6.07) is 1.75. The Bertz CT molecular complexity index is 539. The zero-order valence-corrected chi connectivity index (χ0v) is 10.4. The predicted octanol–water partition coefficient (Wildman–Crippen LogP) is 1.52. The minimum Gasteiger partial charge on any atom is -0.397 e. The second-order valence-corrected chi connectivity index (χ2v) is 5.05. The molecule has 1 saturated heterocycles. The lowest BCUT2D eigenvalue weighted by Gasteiger charge is -2.18. The molecule has 1 aliphatic rings. The monoisotopic (exact) mass is 264 g/mol. The zero-order valence-electron chi connectivity index (χ0n) is 9.57. The molecule has 0 saturated carbocycles. The Morgan fingerprint density at radius 1 is 1.39 bits per heavy atom. The molecule has 1 fully saturated rings. The average Bonchev–Trinajstić information content (AvgIpc) is 2.89. The molecule has 0 aromatic carbocycles. The van der Waals surface area contributed by atoms with Gasteiger partial charge in [0.15, 0.2) is 0 Å². The zero-order chi connectivity index (χ0) is 12.4. The molecule has 18 heavy (non-hydrogen) atoms. The third-order valence-electron chi connectivity index (χ3n) is 2.55. The van der Waals surface area contributed by atoms with Crippen LogP contribution in [0.1, 0.15) is 11.9 Å². The van der Waals surface area contributed by atoms with Crippen LogP contribution in [0.25, 0.3) is 11.5 Å². The first-order chi connectivity index (χ1) is 8.83. The molecule has 2 N–H and O–H groups in total. The molecular weight excluding hydrogens is 252 g/mol. The summed E-state index contributed by atoms with van der Waals surface area (Å²) in [6.07, 6.45) is 3.13. The van der Waals surface area contributed by atoms with Gasteiger partial charge in [-0.25, -0.2) is 0 Å². The second-order valence-electron chi connectivity index (χ2n) is 3.90. The Hall–Kier alpha value is -1.60. The van der Waals surface area contributed by atoms with Crippen molar-refractivity contribution >= 4 is 17.4 Å². The molecule has 0 bridgehead atoms. The Morgan fingerprint density at radius 3 is 3.11 bits per heavy atom. The van der Waals surface area contributed by atoms with E-state index in [-0.39, 0.29) is 6.10 Å². The second kappa shape index (κ2) is 4.95. The number of hydrogen-bond acceptors (Lipinski definition) is 7. The molecule has 2 aromatic rings. The molecular formula is C11H12N4O2S. The maximum absolute atomic E-state index is 5.67. The van der Waals surface area contributed by atoms with Crippen molar-refractivity contribution in [2.45, 2.75) is 6.10 Å². The lowest BCUT2D eigenvalue weighted by Crippen LogP contribution is -2.16. The number of anilines is 1. The molecule has 0 radical (unpaired) electrons. The first-order valence-electron chi connectivity index (χ1n) is 5.57. The number of nitrogen functional groups attached to an aromatic ring is 1. The van der Waals surface area contributed by atoms with Crippen LogP contribution in [0, 0.1) is 0 Å². The summed E-state index contributed by atoms with van der Waals surface area (Å²) in [5.41, 5.74) is 6.95. The van der Waals surface area contributed by atoms with Gasteiger partial charge < -0.3 is 15.0 Å². The maximum Gasteiger partial charge on any atom is 0.259 e. The van der Waals surface area contributed by atoms with Crippen molar-refractivity contribution in [1.82, 2.24) is 15.1 Å². The fourth-order valence-corrected chi connectivity index (χ4v) is 2.53. The van der Waals surface area contributed by atoms with E-state index in [0.717, 1.165) is 23.7 Å². The van der Waals surface area contributed by atoms with Crippen molar-refractivity contribution in [2.75, 3.05) is 23.8 Å². The number of thioether (sulfide) groups is 1. The van der Waals surface area contributed by atoms with Crippen LogP contribution in [0.2, 0.25) is 0 Å². The summed E-state index contributed by atoms with van der Waals surface area (Å²) >= 11 is 1.83. The van der Waals surface area contributed by atoms with Crippen molar-refractivity contribution in [1.29, 1.82) is 0 Å². The van der Waals surface area contributed by atoms with Crippen LogP contribution in [0.5, 0.6) is 0 Å². The van der Waals surface area contributed by atoms with Gasteiger partial charge in [0.25, 0.3) is 5.89 Å². The van der Waals surface area contributed by atoms with Crippen LogP contribution in [0.4, 0.5) is 5.69 Å². The third kappa shape index (κ3) is 2.32. The summed E-state index contributed by atoms with van der Waals surface area (Å²) in [7, 11) is 0. The molecule has 0 aliphatic carbocycles. The van der Waals surface area contributed by atoms with Gasteiger partial charge in [0.1, 0.15) is 6.10 Å². The van der Waals surface area contributed by atoms with Crippen LogP contribution in [-0.2, 0) is 4.74 Å². The van der Waals surface area contributed by atoms with Gasteiger partial charge in [-0.2, -0.15) is 16.7 Å². The molecule has 0 spiro atoms. The van der Waals surface area contributed by atoms with Crippen molar-refractivity contribution < 1.29 is 9.26 Å².